The van der Waals surface area contributed by atoms with Crippen molar-refractivity contribution in [3.8, 4) is 23.0 Å². The summed E-state index contributed by atoms with van der Waals surface area (Å²) in [7, 11) is 3.38. The van der Waals surface area contributed by atoms with Crippen LogP contribution in [0.3, 0.4) is 0 Å². The van der Waals surface area contributed by atoms with Crippen LogP contribution in [0.2, 0.25) is 0 Å². The zero-order valence-corrected chi connectivity index (χ0v) is 18.6. The van der Waals surface area contributed by atoms with Crippen molar-refractivity contribution in [3.63, 3.8) is 0 Å². The highest BCUT2D eigenvalue weighted by molar-refractivity contribution is 5.79. The SMILES string of the molecule is CCCOc1ccc(CNC(=NC)NCc2coc(-c3ccc(C)cc3)n2)cc1OC. The van der Waals surface area contributed by atoms with Gasteiger partial charge in [-0.15, -0.1) is 0 Å². The molecular weight excluding hydrogens is 392 g/mol. The van der Waals surface area contributed by atoms with Crippen molar-refractivity contribution in [2.75, 3.05) is 20.8 Å². The molecule has 0 fully saturated rings. The lowest BCUT2D eigenvalue weighted by Crippen LogP contribution is -2.36. The third-order valence-electron chi connectivity index (χ3n) is 4.66. The van der Waals surface area contributed by atoms with Crippen molar-refractivity contribution in [1.82, 2.24) is 15.6 Å². The topological polar surface area (TPSA) is 80.9 Å². The fraction of sp³-hybridized carbons (Fsp3) is 0.333. The van der Waals surface area contributed by atoms with E-state index in [-0.39, 0.29) is 0 Å². The van der Waals surface area contributed by atoms with E-state index in [1.807, 2.05) is 42.5 Å². The van der Waals surface area contributed by atoms with Crippen molar-refractivity contribution in [1.29, 1.82) is 0 Å². The fourth-order valence-electron chi connectivity index (χ4n) is 2.95. The summed E-state index contributed by atoms with van der Waals surface area (Å²) in [5.41, 5.74) is 4.02. The van der Waals surface area contributed by atoms with Crippen LogP contribution in [0.5, 0.6) is 11.5 Å². The molecule has 3 aromatic rings. The summed E-state index contributed by atoms with van der Waals surface area (Å²) in [6, 6.07) is 14.0. The van der Waals surface area contributed by atoms with Crippen LogP contribution in [-0.2, 0) is 13.1 Å². The molecule has 7 heteroatoms. The first kappa shape index (κ1) is 22.2. The summed E-state index contributed by atoms with van der Waals surface area (Å²) in [6.07, 6.45) is 2.61. The van der Waals surface area contributed by atoms with Gasteiger partial charge in [-0.2, -0.15) is 0 Å². The largest absolute Gasteiger partial charge is 0.493 e. The van der Waals surface area contributed by atoms with Gasteiger partial charge >= 0.3 is 0 Å². The van der Waals surface area contributed by atoms with Crippen molar-refractivity contribution in [2.45, 2.75) is 33.4 Å². The predicted octanol–water partition coefficient (Wildman–Crippen LogP) is 4.31. The highest BCUT2D eigenvalue weighted by atomic mass is 16.5. The zero-order chi connectivity index (χ0) is 22.1. The van der Waals surface area contributed by atoms with Crippen molar-refractivity contribution < 1.29 is 13.9 Å². The van der Waals surface area contributed by atoms with Crippen LogP contribution in [0.4, 0.5) is 0 Å². The minimum Gasteiger partial charge on any atom is -0.493 e. The summed E-state index contributed by atoms with van der Waals surface area (Å²) in [5.74, 6) is 2.76. The molecule has 2 aromatic carbocycles. The van der Waals surface area contributed by atoms with Gasteiger partial charge in [0.05, 0.1) is 26.0 Å². The van der Waals surface area contributed by atoms with Gasteiger partial charge in [0.15, 0.2) is 17.5 Å². The Hall–Kier alpha value is -3.48. The second-order valence-corrected chi connectivity index (χ2v) is 7.12. The summed E-state index contributed by atoms with van der Waals surface area (Å²) >= 11 is 0. The summed E-state index contributed by atoms with van der Waals surface area (Å²) < 4.78 is 16.8. The first-order valence-corrected chi connectivity index (χ1v) is 10.4. The molecule has 2 N–H and O–H groups in total. The Morgan fingerprint density at radius 1 is 1.06 bits per heavy atom. The van der Waals surface area contributed by atoms with E-state index in [2.05, 4.69) is 34.5 Å². The van der Waals surface area contributed by atoms with Crippen LogP contribution in [-0.4, -0.2) is 31.7 Å². The molecule has 0 bridgehead atoms. The van der Waals surface area contributed by atoms with E-state index in [1.165, 1.54) is 5.56 Å². The van der Waals surface area contributed by atoms with Crippen LogP contribution in [0, 0.1) is 6.92 Å². The maximum atomic E-state index is 5.71. The molecule has 1 aromatic heterocycles. The highest BCUT2D eigenvalue weighted by Gasteiger charge is 2.09. The van der Waals surface area contributed by atoms with E-state index < -0.39 is 0 Å². The Balaban J connectivity index is 1.54. The van der Waals surface area contributed by atoms with Gasteiger partial charge in [0.2, 0.25) is 5.89 Å². The number of hydrogen-bond donors (Lipinski definition) is 2. The molecular formula is C24H30N4O3. The number of aryl methyl sites for hydroxylation is 1. The molecule has 3 rings (SSSR count). The molecule has 0 saturated heterocycles. The Morgan fingerprint density at radius 3 is 2.55 bits per heavy atom. The number of guanidine groups is 1. The maximum Gasteiger partial charge on any atom is 0.226 e. The predicted molar refractivity (Wildman–Crippen MR) is 122 cm³/mol. The molecule has 0 unspecified atom stereocenters. The molecule has 31 heavy (non-hydrogen) atoms. The lowest BCUT2D eigenvalue weighted by Gasteiger charge is -2.14. The van der Waals surface area contributed by atoms with E-state index >= 15 is 0 Å². The summed E-state index contributed by atoms with van der Waals surface area (Å²) in [5, 5.41) is 6.56. The van der Waals surface area contributed by atoms with E-state index in [1.54, 1.807) is 20.4 Å². The molecule has 7 nitrogen and oxygen atoms in total. The first-order chi connectivity index (χ1) is 15.1. The highest BCUT2D eigenvalue weighted by Crippen LogP contribution is 2.28. The Kier molecular flexibility index (Phi) is 7.92. The van der Waals surface area contributed by atoms with Gasteiger partial charge in [-0.3, -0.25) is 4.99 Å². The summed E-state index contributed by atoms with van der Waals surface area (Å²) in [6.45, 7) is 5.89. The minimum atomic E-state index is 0.502. The van der Waals surface area contributed by atoms with Crippen molar-refractivity contribution in [2.24, 2.45) is 4.99 Å². The average molecular weight is 423 g/mol. The molecule has 164 valence electrons. The number of ether oxygens (including phenoxy) is 2. The number of rotatable bonds is 9. The van der Waals surface area contributed by atoms with Gasteiger partial charge in [-0.1, -0.05) is 30.7 Å². The normalized spacial score (nSPS) is 11.3. The van der Waals surface area contributed by atoms with Gasteiger partial charge in [0.1, 0.15) is 6.26 Å². The van der Waals surface area contributed by atoms with E-state index in [0.717, 1.165) is 34.7 Å². The monoisotopic (exact) mass is 422 g/mol. The van der Waals surface area contributed by atoms with E-state index in [4.69, 9.17) is 13.9 Å². The number of nitrogens with one attached hydrogen (secondary N) is 2. The molecule has 0 aliphatic heterocycles. The second kappa shape index (κ2) is 11.1. The molecule has 0 amide bonds. The third kappa shape index (κ3) is 6.25. The average Bonchev–Trinajstić information content (AvgIpc) is 3.27. The Labute approximate surface area is 183 Å². The van der Waals surface area contributed by atoms with Crippen LogP contribution in [0.15, 0.2) is 58.1 Å². The third-order valence-corrected chi connectivity index (χ3v) is 4.66. The number of hydrogen-bond acceptors (Lipinski definition) is 5. The number of oxazole rings is 1. The van der Waals surface area contributed by atoms with Gasteiger partial charge in [-0.25, -0.2) is 4.98 Å². The number of benzene rings is 2. The van der Waals surface area contributed by atoms with Crippen LogP contribution in [0.25, 0.3) is 11.5 Å². The molecule has 0 aliphatic carbocycles. The van der Waals surface area contributed by atoms with Gasteiger partial charge in [0.25, 0.3) is 0 Å². The first-order valence-electron chi connectivity index (χ1n) is 10.4. The quantitative estimate of drug-likeness (QED) is 0.395. The molecule has 0 atom stereocenters. The molecule has 0 spiro atoms. The summed E-state index contributed by atoms with van der Waals surface area (Å²) in [4.78, 5) is 8.82. The maximum absolute atomic E-state index is 5.71. The molecule has 1 heterocycles. The molecule has 0 aliphatic rings. The number of aromatic nitrogens is 1. The number of nitrogens with zero attached hydrogens (tertiary/aromatic N) is 2. The zero-order valence-electron chi connectivity index (χ0n) is 18.6. The van der Waals surface area contributed by atoms with Gasteiger partial charge in [0, 0.05) is 19.2 Å². The van der Waals surface area contributed by atoms with Crippen LogP contribution < -0.4 is 20.1 Å². The van der Waals surface area contributed by atoms with Crippen molar-refractivity contribution >= 4 is 5.96 Å². The molecule has 0 radical (unpaired) electrons. The van der Waals surface area contributed by atoms with Gasteiger partial charge < -0.3 is 24.5 Å². The van der Waals surface area contributed by atoms with Crippen LogP contribution in [0.1, 0.15) is 30.2 Å². The Morgan fingerprint density at radius 2 is 1.84 bits per heavy atom. The molecule has 0 saturated carbocycles. The lowest BCUT2D eigenvalue weighted by molar-refractivity contribution is 0.294. The van der Waals surface area contributed by atoms with Gasteiger partial charge in [-0.05, 0) is 43.2 Å². The standard InChI is InChI=1S/C24H30N4O3/c1-5-12-30-21-11-8-18(13-22(21)29-4)14-26-24(25-3)27-15-20-16-31-23(28-20)19-9-6-17(2)7-10-19/h6-11,13,16H,5,12,14-15H2,1-4H3,(H2,25,26,27). The van der Waals surface area contributed by atoms with Crippen LogP contribution >= 0.6 is 0 Å². The Bertz CT molecular complexity index is 996. The van der Waals surface area contributed by atoms with E-state index in [0.29, 0.717) is 31.5 Å². The van der Waals surface area contributed by atoms with E-state index in [9.17, 15) is 0 Å². The number of methoxy groups -OCH3 is 1. The fourth-order valence-corrected chi connectivity index (χ4v) is 2.95. The number of aliphatic imine (C=N–C) groups is 1. The minimum absolute atomic E-state index is 0.502. The smallest absolute Gasteiger partial charge is 0.226 e. The van der Waals surface area contributed by atoms with Crippen molar-refractivity contribution in [3.05, 3.63) is 65.5 Å². The lowest BCUT2D eigenvalue weighted by atomic mass is 10.1. The second-order valence-electron chi connectivity index (χ2n) is 7.12.